The average Bonchev–Trinajstić information content (AvgIpc) is 2.18. The Balaban J connectivity index is 0. The summed E-state index contributed by atoms with van der Waals surface area (Å²) in [5, 5.41) is 0. The highest BCUT2D eigenvalue weighted by Gasteiger charge is 1.87. The molecule has 0 bridgehead atoms. The summed E-state index contributed by atoms with van der Waals surface area (Å²) in [5.74, 6) is -0.827. The molecule has 0 saturated heterocycles. The fourth-order valence-electron chi connectivity index (χ4n) is 0.573. The van der Waals surface area contributed by atoms with Gasteiger partial charge >= 0.3 is 0 Å². The van der Waals surface area contributed by atoms with Crippen molar-refractivity contribution in [1.82, 2.24) is 0 Å². The monoisotopic (exact) mass is 224 g/mol. The fraction of sp³-hybridized carbons (Fsp3) is 0.143. The molecule has 0 aromatic heterocycles. The van der Waals surface area contributed by atoms with Crippen molar-refractivity contribution >= 4 is 0 Å². The minimum atomic E-state index is -0.428. The first-order chi connectivity index (χ1) is 7.34. The third kappa shape index (κ3) is 12.3. The van der Waals surface area contributed by atoms with Crippen LogP contribution in [0.1, 0.15) is 13.8 Å². The summed E-state index contributed by atoms with van der Waals surface area (Å²) in [6, 6.07) is 0. The highest BCUT2D eigenvalue weighted by atomic mass is 19.1. The van der Waals surface area contributed by atoms with Gasteiger partial charge in [0.1, 0.15) is 11.7 Å². The Hall–Kier alpha value is -1.70. The van der Waals surface area contributed by atoms with Crippen molar-refractivity contribution < 1.29 is 8.78 Å². The molecule has 2 heteroatoms. The second-order valence-electron chi connectivity index (χ2n) is 3.03. The van der Waals surface area contributed by atoms with E-state index in [9.17, 15) is 8.78 Å². The van der Waals surface area contributed by atoms with Gasteiger partial charge in [0, 0.05) is 0 Å². The van der Waals surface area contributed by atoms with Crippen LogP contribution in [0.2, 0.25) is 0 Å². The molecule has 0 heterocycles. The van der Waals surface area contributed by atoms with Gasteiger partial charge in [-0.15, -0.1) is 0 Å². The second kappa shape index (κ2) is 9.84. The van der Waals surface area contributed by atoms with Crippen molar-refractivity contribution in [3.8, 4) is 0 Å². The molecule has 88 valence electrons. The molecule has 0 aromatic carbocycles. The smallest absolute Gasteiger partial charge is 0.118 e. The SMILES string of the molecule is C=C/C(C)=C\C(=C)F.C=C/C=C(/C)C(=C)F. The lowest BCUT2D eigenvalue weighted by Gasteiger charge is -1.88. The van der Waals surface area contributed by atoms with Crippen LogP contribution in [-0.2, 0) is 0 Å². The highest BCUT2D eigenvalue weighted by Crippen LogP contribution is 2.05. The topological polar surface area (TPSA) is 0 Å². The molecular weight excluding hydrogens is 206 g/mol. The summed E-state index contributed by atoms with van der Waals surface area (Å²) in [6.45, 7) is 16.4. The van der Waals surface area contributed by atoms with Crippen LogP contribution in [0.15, 0.2) is 73.4 Å². The van der Waals surface area contributed by atoms with Crippen LogP contribution >= 0.6 is 0 Å². The highest BCUT2D eigenvalue weighted by molar-refractivity contribution is 5.23. The maximum absolute atomic E-state index is 12.0. The van der Waals surface area contributed by atoms with Gasteiger partial charge in [0.25, 0.3) is 0 Å². The maximum atomic E-state index is 12.0. The standard InChI is InChI=1S/2C7H9F/c1-4-6(2)5-7(3)8;1-4-5-6(2)7(3)8/h2*4-5H,1,3H2,2H3/b2*6-5-. The van der Waals surface area contributed by atoms with Gasteiger partial charge < -0.3 is 0 Å². The van der Waals surface area contributed by atoms with Crippen LogP contribution in [-0.4, -0.2) is 0 Å². The largest absolute Gasteiger partial charge is 0.208 e. The molecule has 16 heavy (non-hydrogen) atoms. The first kappa shape index (κ1) is 16.7. The molecule has 0 nitrogen and oxygen atoms in total. The quantitative estimate of drug-likeness (QED) is 0.575. The summed E-state index contributed by atoms with van der Waals surface area (Å²) >= 11 is 0. The van der Waals surface area contributed by atoms with Crippen molar-refractivity contribution in [3.05, 3.63) is 73.4 Å². The molecule has 0 atom stereocenters. The van der Waals surface area contributed by atoms with Crippen LogP contribution in [0, 0.1) is 0 Å². The Kier molecular flexibility index (Phi) is 10.3. The third-order valence-electron chi connectivity index (χ3n) is 1.50. The molecule has 0 aliphatic carbocycles. The van der Waals surface area contributed by atoms with E-state index >= 15 is 0 Å². The number of allylic oxidation sites excluding steroid dienone is 8. The van der Waals surface area contributed by atoms with Crippen molar-refractivity contribution in [2.24, 2.45) is 0 Å². The van der Waals surface area contributed by atoms with Gasteiger partial charge in [-0.25, -0.2) is 8.78 Å². The van der Waals surface area contributed by atoms with Gasteiger partial charge in [0.05, 0.1) is 0 Å². The Morgan fingerprint density at radius 2 is 1.56 bits per heavy atom. The zero-order chi connectivity index (χ0) is 13.1. The van der Waals surface area contributed by atoms with Crippen LogP contribution < -0.4 is 0 Å². The number of halogens is 2. The van der Waals surface area contributed by atoms with Crippen molar-refractivity contribution in [1.29, 1.82) is 0 Å². The van der Waals surface area contributed by atoms with Crippen LogP contribution in [0.25, 0.3) is 0 Å². The molecule has 0 unspecified atom stereocenters. The second-order valence-corrected chi connectivity index (χ2v) is 3.03. The summed E-state index contributed by atoms with van der Waals surface area (Å²) in [4.78, 5) is 0. The predicted octanol–water partition coefficient (Wildman–Crippen LogP) is 5.20. The predicted molar refractivity (Wildman–Crippen MR) is 68.4 cm³/mol. The van der Waals surface area contributed by atoms with Crippen LogP contribution in [0.4, 0.5) is 8.78 Å². The average molecular weight is 224 g/mol. The van der Waals surface area contributed by atoms with E-state index in [-0.39, 0.29) is 0 Å². The van der Waals surface area contributed by atoms with E-state index in [2.05, 4.69) is 26.3 Å². The number of hydrogen-bond acceptors (Lipinski definition) is 0. The van der Waals surface area contributed by atoms with E-state index in [1.54, 1.807) is 26.0 Å². The lowest BCUT2D eigenvalue weighted by atomic mass is 10.3. The summed E-state index contributed by atoms with van der Waals surface area (Å²) in [5.41, 5.74) is 1.32. The Morgan fingerprint density at radius 3 is 1.69 bits per heavy atom. The van der Waals surface area contributed by atoms with Gasteiger partial charge in [-0.1, -0.05) is 44.5 Å². The Labute approximate surface area is 96.7 Å². The third-order valence-corrected chi connectivity index (χ3v) is 1.50. The minimum absolute atomic E-state index is 0.398. The summed E-state index contributed by atoms with van der Waals surface area (Å²) < 4.78 is 23.8. The van der Waals surface area contributed by atoms with Gasteiger partial charge in [-0.3, -0.25) is 0 Å². The van der Waals surface area contributed by atoms with E-state index in [1.807, 2.05) is 0 Å². The number of rotatable bonds is 4. The van der Waals surface area contributed by atoms with Gasteiger partial charge in [-0.2, -0.15) is 0 Å². The Bertz CT molecular complexity index is 331. The maximum Gasteiger partial charge on any atom is 0.118 e. The lowest BCUT2D eigenvalue weighted by molar-refractivity contribution is 0.656. The van der Waals surface area contributed by atoms with Gasteiger partial charge in [0.15, 0.2) is 0 Å². The molecule has 0 spiro atoms. The number of hydrogen-bond donors (Lipinski definition) is 0. The first-order valence-corrected chi connectivity index (χ1v) is 4.64. The molecule has 0 saturated carbocycles. The van der Waals surface area contributed by atoms with Crippen molar-refractivity contribution in [3.63, 3.8) is 0 Å². The van der Waals surface area contributed by atoms with E-state index in [4.69, 9.17) is 0 Å². The molecule has 0 aromatic rings. The van der Waals surface area contributed by atoms with Gasteiger partial charge in [-0.05, 0) is 31.1 Å². The molecule has 0 rings (SSSR count). The van der Waals surface area contributed by atoms with E-state index in [0.717, 1.165) is 5.57 Å². The van der Waals surface area contributed by atoms with E-state index < -0.39 is 11.7 Å². The van der Waals surface area contributed by atoms with E-state index in [1.165, 1.54) is 12.2 Å². The molecule has 0 N–H and O–H groups in total. The van der Waals surface area contributed by atoms with Crippen molar-refractivity contribution in [2.45, 2.75) is 13.8 Å². The molecule has 0 aliphatic rings. The van der Waals surface area contributed by atoms with Crippen LogP contribution in [0.5, 0.6) is 0 Å². The zero-order valence-corrected chi connectivity index (χ0v) is 9.89. The molecule has 0 aliphatic heterocycles. The fourth-order valence-corrected chi connectivity index (χ4v) is 0.573. The van der Waals surface area contributed by atoms with E-state index in [0.29, 0.717) is 5.57 Å². The first-order valence-electron chi connectivity index (χ1n) is 4.64. The molecule has 0 fully saturated rings. The normalized spacial score (nSPS) is 11.0. The summed E-state index contributed by atoms with van der Waals surface area (Å²) in [6.07, 6.45) is 6.00. The van der Waals surface area contributed by atoms with Crippen molar-refractivity contribution in [2.75, 3.05) is 0 Å². The molecule has 0 radical (unpaired) electrons. The zero-order valence-electron chi connectivity index (χ0n) is 9.89. The molecule has 0 amide bonds. The van der Waals surface area contributed by atoms with Gasteiger partial charge in [0.2, 0.25) is 0 Å². The summed E-state index contributed by atoms with van der Waals surface area (Å²) in [7, 11) is 0. The molecular formula is C14H18F2. The lowest BCUT2D eigenvalue weighted by Crippen LogP contribution is -1.70. The minimum Gasteiger partial charge on any atom is -0.208 e. The van der Waals surface area contributed by atoms with Crippen LogP contribution in [0.3, 0.4) is 0 Å². The Morgan fingerprint density at radius 1 is 1.06 bits per heavy atom.